The molecule has 1 N–H and O–H groups in total. The highest BCUT2D eigenvalue weighted by Crippen LogP contribution is 2.78. The average molecular weight is 174 g/mol. The summed E-state index contributed by atoms with van der Waals surface area (Å²) in [5.74, 6) is -6.02. The van der Waals surface area contributed by atoms with Gasteiger partial charge in [0.15, 0.2) is 0 Å². The number of carbonyl (C=O) groups is 1. The van der Waals surface area contributed by atoms with Crippen molar-refractivity contribution in [3.8, 4) is 0 Å². The van der Waals surface area contributed by atoms with E-state index in [1.165, 1.54) is 0 Å². The first-order valence-corrected chi connectivity index (χ1v) is 4.15. The minimum absolute atomic E-state index is 0.0334. The fourth-order valence-electron chi connectivity index (χ4n) is 3.42. The molecule has 4 saturated carbocycles. The van der Waals surface area contributed by atoms with E-state index in [1.54, 1.807) is 0 Å². The van der Waals surface area contributed by atoms with Crippen molar-refractivity contribution in [2.45, 2.75) is 12.3 Å². The highest BCUT2D eigenvalue weighted by atomic mass is 19.3. The topological polar surface area (TPSA) is 37.3 Å². The lowest BCUT2D eigenvalue weighted by molar-refractivity contribution is -0.146. The zero-order chi connectivity index (χ0) is 8.67. The molecule has 4 aliphatic rings. The number of alkyl halides is 2. The first-order valence-electron chi connectivity index (χ1n) is 4.15. The molecular weight excluding hydrogens is 166 g/mol. The molecule has 0 amide bonds. The van der Waals surface area contributed by atoms with Gasteiger partial charge in [-0.3, -0.25) is 4.79 Å². The molecule has 12 heavy (non-hydrogen) atoms. The van der Waals surface area contributed by atoms with E-state index in [1.807, 2.05) is 0 Å². The highest BCUT2D eigenvalue weighted by molar-refractivity contribution is 5.73. The summed E-state index contributed by atoms with van der Waals surface area (Å²) in [6.45, 7) is 0. The van der Waals surface area contributed by atoms with Crippen molar-refractivity contribution in [2.75, 3.05) is 0 Å². The van der Waals surface area contributed by atoms with Crippen molar-refractivity contribution in [1.82, 2.24) is 0 Å². The van der Waals surface area contributed by atoms with Gasteiger partial charge in [-0.25, -0.2) is 8.78 Å². The predicted molar refractivity (Wildman–Crippen MR) is 34.6 cm³/mol. The molecule has 4 aliphatic carbocycles. The maximum atomic E-state index is 13.2. The molecule has 5 atom stereocenters. The van der Waals surface area contributed by atoms with Gasteiger partial charge in [0.25, 0.3) is 5.92 Å². The van der Waals surface area contributed by atoms with Crippen LogP contribution < -0.4 is 0 Å². The van der Waals surface area contributed by atoms with Gasteiger partial charge in [-0.15, -0.1) is 0 Å². The number of hydrogen-bond donors (Lipinski definition) is 1. The van der Waals surface area contributed by atoms with Crippen molar-refractivity contribution in [2.24, 2.45) is 29.6 Å². The standard InChI is InChI=1S/C8H8F2O2/c9-8(10)3-1-2-4(6(2)8)5(3)7(11)12/h2-6H,1H2,(H,11,12). The smallest absolute Gasteiger partial charge is 0.307 e. The maximum absolute atomic E-state index is 13.2. The fourth-order valence-corrected chi connectivity index (χ4v) is 3.42. The quantitative estimate of drug-likeness (QED) is 0.648. The molecule has 4 fully saturated rings. The number of halogens is 2. The Hall–Kier alpha value is -0.670. The molecule has 2 nitrogen and oxygen atoms in total. The number of carboxylic acids is 1. The SMILES string of the molecule is O=C(O)C1C2C3CC1C(F)(F)C32. The van der Waals surface area contributed by atoms with E-state index < -0.39 is 29.6 Å². The third-order valence-electron chi connectivity index (χ3n) is 3.83. The normalized spacial score (nSPS) is 57.3. The molecule has 0 radical (unpaired) electrons. The largest absolute Gasteiger partial charge is 0.481 e. The zero-order valence-electron chi connectivity index (χ0n) is 6.21. The van der Waals surface area contributed by atoms with E-state index in [2.05, 4.69) is 0 Å². The molecule has 0 aromatic rings. The first-order chi connectivity index (χ1) is 5.55. The van der Waals surface area contributed by atoms with Crippen LogP contribution in [0.15, 0.2) is 0 Å². The van der Waals surface area contributed by atoms with Crippen molar-refractivity contribution in [1.29, 1.82) is 0 Å². The zero-order valence-corrected chi connectivity index (χ0v) is 6.21. The summed E-state index contributed by atoms with van der Waals surface area (Å²) in [6.07, 6.45) is 0.444. The van der Waals surface area contributed by atoms with Gasteiger partial charge in [0, 0.05) is 11.8 Å². The van der Waals surface area contributed by atoms with Crippen LogP contribution in [-0.4, -0.2) is 17.0 Å². The van der Waals surface area contributed by atoms with Gasteiger partial charge >= 0.3 is 5.97 Å². The Morgan fingerprint density at radius 2 is 2.17 bits per heavy atom. The Morgan fingerprint density at radius 1 is 1.50 bits per heavy atom. The van der Waals surface area contributed by atoms with Crippen LogP contribution in [0.3, 0.4) is 0 Å². The number of aliphatic carboxylic acids is 1. The number of hydrogen-bond acceptors (Lipinski definition) is 1. The van der Waals surface area contributed by atoms with E-state index in [9.17, 15) is 13.6 Å². The highest BCUT2D eigenvalue weighted by Gasteiger charge is 2.83. The van der Waals surface area contributed by atoms with Crippen LogP contribution in [0.5, 0.6) is 0 Å². The van der Waals surface area contributed by atoms with Crippen LogP contribution in [0.1, 0.15) is 6.42 Å². The minimum atomic E-state index is -2.67. The monoisotopic (exact) mass is 174 g/mol. The van der Waals surface area contributed by atoms with Crippen LogP contribution >= 0.6 is 0 Å². The van der Waals surface area contributed by atoms with E-state index in [0.717, 1.165) is 0 Å². The summed E-state index contributed by atoms with van der Waals surface area (Å²) in [5, 5.41) is 8.71. The molecule has 4 rings (SSSR count). The van der Waals surface area contributed by atoms with Gasteiger partial charge in [-0.1, -0.05) is 0 Å². The van der Waals surface area contributed by atoms with Gasteiger partial charge in [0.2, 0.25) is 0 Å². The fraction of sp³-hybridized carbons (Fsp3) is 0.875. The van der Waals surface area contributed by atoms with Crippen LogP contribution in [0.4, 0.5) is 8.78 Å². The Kier molecular flexibility index (Phi) is 0.861. The molecule has 0 saturated heterocycles. The Bertz CT molecular complexity index is 276. The second-order valence-corrected chi connectivity index (χ2v) is 4.15. The molecule has 0 heterocycles. The molecular formula is C8H8F2O2. The third kappa shape index (κ3) is 0.465. The predicted octanol–water partition coefficient (Wildman–Crippen LogP) is 1.22. The van der Waals surface area contributed by atoms with Gasteiger partial charge in [-0.05, 0) is 18.3 Å². The van der Waals surface area contributed by atoms with Gasteiger partial charge < -0.3 is 5.11 Å². The average Bonchev–Trinajstić information content (AvgIpc) is 2.28. The van der Waals surface area contributed by atoms with Crippen molar-refractivity contribution in [3.05, 3.63) is 0 Å². The molecule has 5 unspecified atom stereocenters. The number of rotatable bonds is 1. The summed E-state index contributed by atoms with van der Waals surface area (Å²) < 4.78 is 26.3. The summed E-state index contributed by atoms with van der Waals surface area (Å²) in [4.78, 5) is 10.6. The molecule has 0 aromatic carbocycles. The van der Waals surface area contributed by atoms with Crippen LogP contribution in [-0.2, 0) is 4.79 Å². The van der Waals surface area contributed by atoms with Crippen LogP contribution in [0.2, 0.25) is 0 Å². The minimum Gasteiger partial charge on any atom is -0.481 e. The van der Waals surface area contributed by atoms with Crippen LogP contribution in [0, 0.1) is 29.6 Å². The lowest BCUT2D eigenvalue weighted by Gasteiger charge is -2.16. The third-order valence-corrected chi connectivity index (χ3v) is 3.83. The molecule has 0 spiro atoms. The van der Waals surface area contributed by atoms with E-state index in [0.29, 0.717) is 6.42 Å². The lowest BCUT2D eigenvalue weighted by Crippen LogP contribution is -2.27. The van der Waals surface area contributed by atoms with Crippen LogP contribution in [0.25, 0.3) is 0 Å². The second-order valence-electron chi connectivity index (χ2n) is 4.15. The van der Waals surface area contributed by atoms with Crippen molar-refractivity contribution < 1.29 is 18.7 Å². The van der Waals surface area contributed by atoms with Gasteiger partial charge in [-0.2, -0.15) is 0 Å². The first kappa shape index (κ1) is 6.80. The van der Waals surface area contributed by atoms with Gasteiger partial charge in [0.1, 0.15) is 0 Å². The number of carboxylic acid groups (broad SMARTS) is 1. The maximum Gasteiger partial charge on any atom is 0.307 e. The summed E-state index contributed by atoms with van der Waals surface area (Å²) in [6, 6.07) is 0. The van der Waals surface area contributed by atoms with Crippen molar-refractivity contribution >= 4 is 5.97 Å². The summed E-state index contributed by atoms with van der Waals surface area (Å²) in [7, 11) is 0. The molecule has 66 valence electrons. The van der Waals surface area contributed by atoms with Crippen molar-refractivity contribution in [3.63, 3.8) is 0 Å². The second kappa shape index (κ2) is 1.52. The Balaban J connectivity index is 2.02. The Morgan fingerprint density at radius 3 is 2.33 bits per heavy atom. The molecule has 4 heteroatoms. The molecule has 4 bridgehead atoms. The van der Waals surface area contributed by atoms with E-state index in [4.69, 9.17) is 5.11 Å². The summed E-state index contributed by atoms with van der Waals surface area (Å²) in [5.41, 5.74) is 0. The van der Waals surface area contributed by atoms with E-state index >= 15 is 0 Å². The molecule has 0 aromatic heterocycles. The van der Waals surface area contributed by atoms with E-state index in [-0.39, 0.29) is 11.8 Å². The van der Waals surface area contributed by atoms with Gasteiger partial charge in [0.05, 0.1) is 5.92 Å². The molecule has 0 aliphatic heterocycles. The summed E-state index contributed by atoms with van der Waals surface area (Å²) >= 11 is 0. The lowest BCUT2D eigenvalue weighted by atomic mass is 9.97. The Labute approximate surface area is 67.6 Å².